The number of nitrogens with two attached hydrogens (primary N) is 1. The third-order valence-electron chi connectivity index (χ3n) is 4.05. The Morgan fingerprint density at radius 1 is 1.23 bits per heavy atom. The largest absolute Gasteiger partial charge is 0.394 e. The van der Waals surface area contributed by atoms with Crippen LogP contribution in [0, 0.1) is 11.7 Å². The van der Waals surface area contributed by atoms with Crippen LogP contribution in [-0.2, 0) is 4.79 Å². The molecule has 3 N–H and O–H groups in total. The van der Waals surface area contributed by atoms with E-state index in [1.165, 1.54) is 23.2 Å². The molecule has 6 heteroatoms. The number of nitrogens with zero attached hydrogens (tertiary/aromatic N) is 2. The van der Waals surface area contributed by atoms with Crippen molar-refractivity contribution in [3.63, 3.8) is 0 Å². The van der Waals surface area contributed by atoms with Gasteiger partial charge in [0.15, 0.2) is 5.82 Å². The second kappa shape index (κ2) is 6.17. The van der Waals surface area contributed by atoms with Crippen molar-refractivity contribution in [1.82, 2.24) is 9.78 Å². The Kier molecular flexibility index (Phi) is 4.09. The third kappa shape index (κ3) is 3.10. The first kappa shape index (κ1) is 14.6. The minimum Gasteiger partial charge on any atom is -0.394 e. The van der Waals surface area contributed by atoms with Gasteiger partial charge in [0, 0.05) is 5.92 Å². The van der Waals surface area contributed by atoms with E-state index in [0.717, 1.165) is 25.7 Å². The number of nitrogen functional groups attached to an aromatic ring is 1. The first-order valence-corrected chi connectivity index (χ1v) is 7.55. The van der Waals surface area contributed by atoms with Crippen LogP contribution < -0.4 is 11.1 Å². The Hall–Kier alpha value is -2.37. The predicted octanol–water partition coefficient (Wildman–Crippen LogP) is 3.11. The van der Waals surface area contributed by atoms with Gasteiger partial charge in [0.25, 0.3) is 0 Å². The lowest BCUT2D eigenvalue weighted by Crippen LogP contribution is -2.25. The highest BCUT2D eigenvalue weighted by atomic mass is 19.1. The summed E-state index contributed by atoms with van der Waals surface area (Å²) in [6.07, 6.45) is 6.85. The Bertz CT molecular complexity index is 659. The molecule has 1 saturated carbocycles. The summed E-state index contributed by atoms with van der Waals surface area (Å²) in [7, 11) is 0. The van der Waals surface area contributed by atoms with Gasteiger partial charge in [0.2, 0.25) is 5.91 Å². The molecule has 1 amide bonds. The fraction of sp³-hybridized carbons (Fsp3) is 0.375. The van der Waals surface area contributed by atoms with Gasteiger partial charge in [-0.25, -0.2) is 9.07 Å². The molecule has 0 radical (unpaired) electrons. The normalized spacial score (nSPS) is 15.7. The lowest BCUT2D eigenvalue weighted by atomic mass is 9.89. The summed E-state index contributed by atoms with van der Waals surface area (Å²) in [6.45, 7) is 0. The summed E-state index contributed by atoms with van der Waals surface area (Å²) in [4.78, 5) is 12.2. The predicted molar refractivity (Wildman–Crippen MR) is 83.1 cm³/mol. The van der Waals surface area contributed by atoms with Crippen LogP contribution in [0.15, 0.2) is 30.5 Å². The van der Waals surface area contributed by atoms with E-state index in [0.29, 0.717) is 17.2 Å². The summed E-state index contributed by atoms with van der Waals surface area (Å²) in [6, 6.07) is 5.92. The Labute approximate surface area is 128 Å². The fourth-order valence-corrected chi connectivity index (χ4v) is 2.79. The van der Waals surface area contributed by atoms with Gasteiger partial charge in [-0.1, -0.05) is 19.3 Å². The summed E-state index contributed by atoms with van der Waals surface area (Å²) in [5, 5.41) is 7.09. The SMILES string of the molecule is Nc1cn(-c2ccc(F)cc2)nc1NC(=O)C1CCCCC1. The van der Waals surface area contributed by atoms with Crippen molar-refractivity contribution in [3.05, 3.63) is 36.3 Å². The van der Waals surface area contributed by atoms with Crippen molar-refractivity contribution in [2.45, 2.75) is 32.1 Å². The maximum Gasteiger partial charge on any atom is 0.228 e. The molecule has 1 aliphatic carbocycles. The number of amides is 1. The van der Waals surface area contributed by atoms with Crippen molar-refractivity contribution >= 4 is 17.4 Å². The van der Waals surface area contributed by atoms with Crippen LogP contribution in [0.25, 0.3) is 5.69 Å². The minimum atomic E-state index is -0.310. The monoisotopic (exact) mass is 302 g/mol. The number of anilines is 2. The van der Waals surface area contributed by atoms with Crippen molar-refractivity contribution in [3.8, 4) is 5.69 Å². The molecule has 1 fully saturated rings. The van der Waals surface area contributed by atoms with Gasteiger partial charge in [-0.15, -0.1) is 5.10 Å². The van der Waals surface area contributed by atoms with E-state index >= 15 is 0 Å². The summed E-state index contributed by atoms with van der Waals surface area (Å²) in [5.41, 5.74) is 7.00. The van der Waals surface area contributed by atoms with E-state index in [2.05, 4.69) is 10.4 Å². The quantitative estimate of drug-likeness (QED) is 0.915. The molecule has 0 aliphatic heterocycles. The fourth-order valence-electron chi connectivity index (χ4n) is 2.79. The van der Waals surface area contributed by atoms with Gasteiger partial charge in [0.1, 0.15) is 5.82 Å². The number of hydrogen-bond donors (Lipinski definition) is 2. The highest BCUT2D eigenvalue weighted by Crippen LogP contribution is 2.26. The maximum absolute atomic E-state index is 13.0. The van der Waals surface area contributed by atoms with Gasteiger partial charge in [-0.05, 0) is 37.1 Å². The summed E-state index contributed by atoms with van der Waals surface area (Å²) in [5.74, 6) is 0.0782. The molecule has 2 aromatic rings. The molecule has 0 unspecified atom stereocenters. The van der Waals surface area contributed by atoms with Crippen molar-refractivity contribution in [2.24, 2.45) is 5.92 Å². The number of nitrogens with one attached hydrogen (secondary N) is 1. The van der Waals surface area contributed by atoms with E-state index in [9.17, 15) is 9.18 Å². The van der Waals surface area contributed by atoms with E-state index in [1.807, 2.05) is 0 Å². The van der Waals surface area contributed by atoms with E-state index in [-0.39, 0.29) is 17.6 Å². The average Bonchev–Trinajstić information content (AvgIpc) is 2.90. The molecule has 3 rings (SSSR count). The number of carbonyl (C=O) groups is 1. The number of benzene rings is 1. The van der Waals surface area contributed by atoms with Gasteiger partial charge in [-0.3, -0.25) is 4.79 Å². The standard InChI is InChI=1S/C16H19FN4O/c17-12-6-8-13(9-7-12)21-10-14(18)15(20-21)19-16(22)11-4-2-1-3-5-11/h6-11H,1-5,18H2,(H,19,20,22). The zero-order chi connectivity index (χ0) is 15.5. The van der Waals surface area contributed by atoms with Crippen LogP contribution in [0.2, 0.25) is 0 Å². The molecule has 1 aromatic carbocycles. The average molecular weight is 302 g/mol. The Morgan fingerprint density at radius 2 is 1.91 bits per heavy atom. The number of halogens is 1. The van der Waals surface area contributed by atoms with Crippen molar-refractivity contribution < 1.29 is 9.18 Å². The van der Waals surface area contributed by atoms with Crippen LogP contribution in [0.1, 0.15) is 32.1 Å². The van der Waals surface area contributed by atoms with Gasteiger partial charge in [-0.2, -0.15) is 0 Å². The molecule has 0 spiro atoms. The summed E-state index contributed by atoms with van der Waals surface area (Å²) < 4.78 is 14.5. The van der Waals surface area contributed by atoms with Crippen molar-refractivity contribution in [1.29, 1.82) is 0 Å². The van der Waals surface area contributed by atoms with Crippen molar-refractivity contribution in [2.75, 3.05) is 11.1 Å². The van der Waals surface area contributed by atoms with Gasteiger partial charge < -0.3 is 11.1 Å². The molecule has 0 saturated heterocycles. The lowest BCUT2D eigenvalue weighted by Gasteiger charge is -2.20. The van der Waals surface area contributed by atoms with Crippen LogP contribution in [0.5, 0.6) is 0 Å². The smallest absolute Gasteiger partial charge is 0.228 e. The highest BCUT2D eigenvalue weighted by molar-refractivity contribution is 5.94. The van der Waals surface area contributed by atoms with Gasteiger partial charge >= 0.3 is 0 Å². The number of carbonyl (C=O) groups excluding carboxylic acids is 1. The molecule has 116 valence electrons. The van der Waals surface area contributed by atoms with Crippen LogP contribution in [-0.4, -0.2) is 15.7 Å². The topological polar surface area (TPSA) is 72.9 Å². The second-order valence-electron chi connectivity index (χ2n) is 5.68. The first-order valence-electron chi connectivity index (χ1n) is 7.55. The third-order valence-corrected chi connectivity index (χ3v) is 4.05. The lowest BCUT2D eigenvalue weighted by molar-refractivity contribution is -0.120. The first-order chi connectivity index (χ1) is 10.6. The summed E-state index contributed by atoms with van der Waals surface area (Å²) >= 11 is 0. The van der Waals surface area contributed by atoms with Crippen LogP contribution in [0.4, 0.5) is 15.9 Å². The molecule has 0 atom stereocenters. The Balaban J connectivity index is 1.74. The molecular formula is C16H19FN4O. The molecular weight excluding hydrogens is 283 g/mol. The second-order valence-corrected chi connectivity index (χ2v) is 5.68. The zero-order valence-corrected chi connectivity index (χ0v) is 12.3. The van der Waals surface area contributed by atoms with Crippen LogP contribution >= 0.6 is 0 Å². The van der Waals surface area contributed by atoms with Gasteiger partial charge in [0.05, 0.1) is 17.6 Å². The van der Waals surface area contributed by atoms with E-state index in [1.54, 1.807) is 18.3 Å². The molecule has 5 nitrogen and oxygen atoms in total. The molecule has 1 aromatic heterocycles. The number of hydrogen-bond acceptors (Lipinski definition) is 3. The van der Waals surface area contributed by atoms with Crippen LogP contribution in [0.3, 0.4) is 0 Å². The minimum absolute atomic E-state index is 0.0178. The van der Waals surface area contributed by atoms with E-state index in [4.69, 9.17) is 5.73 Å². The Morgan fingerprint density at radius 3 is 2.59 bits per heavy atom. The number of aromatic nitrogens is 2. The molecule has 1 aliphatic rings. The maximum atomic E-state index is 13.0. The number of rotatable bonds is 3. The molecule has 1 heterocycles. The van der Waals surface area contributed by atoms with E-state index < -0.39 is 0 Å². The molecule has 0 bridgehead atoms. The zero-order valence-electron chi connectivity index (χ0n) is 12.3. The molecule has 22 heavy (non-hydrogen) atoms. The highest BCUT2D eigenvalue weighted by Gasteiger charge is 2.22.